The maximum atomic E-state index is 4.74. The minimum Gasteiger partial charge on any atom is -0.308 e. The van der Waals surface area contributed by atoms with Crippen LogP contribution >= 0.6 is 23.1 Å². The largest absolute Gasteiger partial charge is 0.308 e. The van der Waals surface area contributed by atoms with Gasteiger partial charge in [0, 0.05) is 4.88 Å². The van der Waals surface area contributed by atoms with Gasteiger partial charge in [-0.25, -0.2) is 4.98 Å². The Kier molecular flexibility index (Phi) is 4.67. The molecule has 0 fully saturated rings. The highest BCUT2D eigenvalue weighted by Crippen LogP contribution is 2.30. The lowest BCUT2D eigenvalue weighted by molar-refractivity contribution is 0.568. The van der Waals surface area contributed by atoms with Gasteiger partial charge in [0.15, 0.2) is 0 Å². The lowest BCUT2D eigenvalue weighted by Crippen LogP contribution is -2.20. The molecular weight excluding hydrogens is 236 g/mol. The quantitative estimate of drug-likeness (QED) is 0.792. The number of hydrogen-bond acceptors (Lipinski definition) is 4. The van der Waals surface area contributed by atoms with Crippen molar-refractivity contribution in [2.45, 2.75) is 38.6 Å². The number of fused-ring (bicyclic) bond motifs is 1. The average molecular weight is 256 g/mol. The second-order valence-electron chi connectivity index (χ2n) is 4.30. The summed E-state index contributed by atoms with van der Waals surface area (Å²) >= 11 is 3.83. The number of thioether (sulfide) groups is 1. The fraction of sp³-hybridized carbons (Fsp3) is 0.750. The number of aryl methyl sites for hydroxylation is 2. The van der Waals surface area contributed by atoms with Gasteiger partial charge in [0.25, 0.3) is 0 Å². The normalized spacial score (nSPS) is 16.4. The van der Waals surface area contributed by atoms with Crippen molar-refractivity contribution in [1.29, 1.82) is 0 Å². The van der Waals surface area contributed by atoms with E-state index in [1.807, 2.05) is 23.1 Å². The molecule has 1 aromatic heterocycles. The summed E-state index contributed by atoms with van der Waals surface area (Å²) in [5.74, 6) is 1.24. The Morgan fingerprint density at radius 2 is 2.38 bits per heavy atom. The van der Waals surface area contributed by atoms with Crippen LogP contribution in [0.2, 0.25) is 0 Å². The van der Waals surface area contributed by atoms with Gasteiger partial charge >= 0.3 is 0 Å². The van der Waals surface area contributed by atoms with Gasteiger partial charge in [0.1, 0.15) is 5.01 Å². The van der Waals surface area contributed by atoms with Crippen molar-refractivity contribution in [1.82, 2.24) is 10.3 Å². The third-order valence-corrected chi connectivity index (χ3v) is 5.00. The third-order valence-electron chi connectivity index (χ3n) is 2.96. The highest BCUT2D eigenvalue weighted by molar-refractivity contribution is 7.98. The van der Waals surface area contributed by atoms with Crippen LogP contribution in [0.5, 0.6) is 0 Å². The summed E-state index contributed by atoms with van der Waals surface area (Å²) in [5.41, 5.74) is 1.37. The number of aromatic nitrogens is 1. The van der Waals surface area contributed by atoms with E-state index < -0.39 is 0 Å². The highest BCUT2D eigenvalue weighted by atomic mass is 32.2. The van der Waals surface area contributed by atoms with Gasteiger partial charge < -0.3 is 5.32 Å². The van der Waals surface area contributed by atoms with E-state index in [0.717, 1.165) is 6.54 Å². The van der Waals surface area contributed by atoms with E-state index in [1.54, 1.807) is 0 Å². The highest BCUT2D eigenvalue weighted by Gasteiger charge is 2.19. The SMILES string of the molecule is CSCCCNC(C)c1nc2c(s1)CCC2. The van der Waals surface area contributed by atoms with Crippen molar-refractivity contribution in [3.8, 4) is 0 Å². The molecule has 1 aromatic rings. The van der Waals surface area contributed by atoms with Gasteiger partial charge in [0.2, 0.25) is 0 Å². The fourth-order valence-electron chi connectivity index (χ4n) is 2.02. The first-order chi connectivity index (χ1) is 7.81. The van der Waals surface area contributed by atoms with Crippen LogP contribution in [0.3, 0.4) is 0 Å². The maximum Gasteiger partial charge on any atom is 0.110 e. The molecule has 0 amide bonds. The topological polar surface area (TPSA) is 24.9 Å². The predicted octanol–water partition coefficient (Wildman–Crippen LogP) is 3.04. The number of hydrogen-bond donors (Lipinski definition) is 1. The van der Waals surface area contributed by atoms with Gasteiger partial charge in [-0.2, -0.15) is 11.8 Å². The van der Waals surface area contributed by atoms with Crippen LogP contribution in [0, 0.1) is 0 Å². The first-order valence-corrected chi connectivity index (χ1v) is 8.23. The molecule has 4 heteroatoms. The zero-order valence-corrected chi connectivity index (χ0v) is 11.7. The van der Waals surface area contributed by atoms with E-state index >= 15 is 0 Å². The van der Waals surface area contributed by atoms with Gasteiger partial charge in [-0.1, -0.05) is 0 Å². The molecule has 16 heavy (non-hydrogen) atoms. The lowest BCUT2D eigenvalue weighted by Gasteiger charge is -2.10. The molecule has 1 aliphatic rings. The molecule has 0 bridgehead atoms. The summed E-state index contributed by atoms with van der Waals surface area (Å²) < 4.78 is 0. The van der Waals surface area contributed by atoms with E-state index in [9.17, 15) is 0 Å². The molecule has 0 spiro atoms. The molecule has 2 nitrogen and oxygen atoms in total. The minimum absolute atomic E-state index is 0.428. The minimum atomic E-state index is 0.428. The summed E-state index contributed by atoms with van der Waals surface area (Å²) in [4.78, 5) is 6.28. The van der Waals surface area contributed by atoms with Crippen LogP contribution in [-0.2, 0) is 12.8 Å². The smallest absolute Gasteiger partial charge is 0.110 e. The van der Waals surface area contributed by atoms with E-state index in [-0.39, 0.29) is 0 Å². The van der Waals surface area contributed by atoms with Crippen LogP contribution in [0.15, 0.2) is 0 Å². The summed E-state index contributed by atoms with van der Waals surface area (Å²) in [7, 11) is 0. The van der Waals surface area contributed by atoms with Crippen LogP contribution in [-0.4, -0.2) is 23.5 Å². The van der Waals surface area contributed by atoms with Crippen molar-refractivity contribution in [2.24, 2.45) is 0 Å². The zero-order chi connectivity index (χ0) is 11.4. The Labute approximate surface area is 106 Å². The lowest BCUT2D eigenvalue weighted by atomic mass is 10.3. The molecule has 0 saturated heterocycles. The molecule has 0 aliphatic heterocycles. The van der Waals surface area contributed by atoms with Crippen LogP contribution in [0.25, 0.3) is 0 Å². The molecule has 0 saturated carbocycles. The first kappa shape index (κ1) is 12.4. The predicted molar refractivity (Wildman–Crippen MR) is 73.6 cm³/mol. The van der Waals surface area contributed by atoms with Crippen LogP contribution in [0.4, 0.5) is 0 Å². The molecule has 2 rings (SSSR count). The monoisotopic (exact) mass is 256 g/mol. The fourth-order valence-corrected chi connectivity index (χ4v) is 3.63. The van der Waals surface area contributed by atoms with Gasteiger partial charge in [-0.3, -0.25) is 0 Å². The van der Waals surface area contributed by atoms with Crippen molar-refractivity contribution >= 4 is 23.1 Å². The summed E-state index contributed by atoms with van der Waals surface area (Å²) in [6.45, 7) is 3.33. The Bertz CT molecular complexity index is 314. The van der Waals surface area contributed by atoms with Gasteiger partial charge in [0.05, 0.1) is 11.7 Å². The maximum absolute atomic E-state index is 4.74. The van der Waals surface area contributed by atoms with Crippen molar-refractivity contribution in [3.63, 3.8) is 0 Å². The molecule has 1 aliphatic carbocycles. The molecule has 90 valence electrons. The summed E-state index contributed by atoms with van der Waals surface area (Å²) in [5, 5.41) is 4.84. The van der Waals surface area contributed by atoms with E-state index in [4.69, 9.17) is 4.98 Å². The number of rotatable bonds is 6. The second kappa shape index (κ2) is 6.03. The van der Waals surface area contributed by atoms with Gasteiger partial charge in [-0.05, 0) is 51.2 Å². The van der Waals surface area contributed by atoms with E-state index in [2.05, 4.69) is 18.5 Å². The molecule has 0 aromatic carbocycles. The Balaban J connectivity index is 1.81. The molecule has 1 heterocycles. The third kappa shape index (κ3) is 2.99. The summed E-state index contributed by atoms with van der Waals surface area (Å²) in [6, 6.07) is 0.428. The Morgan fingerprint density at radius 1 is 1.50 bits per heavy atom. The van der Waals surface area contributed by atoms with Crippen LogP contribution < -0.4 is 5.32 Å². The first-order valence-electron chi connectivity index (χ1n) is 6.02. The van der Waals surface area contributed by atoms with Crippen molar-refractivity contribution in [2.75, 3.05) is 18.6 Å². The van der Waals surface area contributed by atoms with E-state index in [0.29, 0.717) is 6.04 Å². The van der Waals surface area contributed by atoms with Crippen molar-refractivity contribution < 1.29 is 0 Å². The standard InChI is InChI=1S/C12H20N2S2/c1-9(13-7-4-8-15-2)12-14-10-5-3-6-11(10)16-12/h9,13H,3-8H2,1-2H3. The number of nitrogens with one attached hydrogen (secondary N) is 1. The van der Waals surface area contributed by atoms with Crippen molar-refractivity contribution in [3.05, 3.63) is 15.6 Å². The van der Waals surface area contributed by atoms with Crippen LogP contribution in [0.1, 0.15) is 41.4 Å². The molecular formula is C12H20N2S2. The van der Waals surface area contributed by atoms with E-state index in [1.165, 1.54) is 47.0 Å². The van der Waals surface area contributed by atoms with Gasteiger partial charge in [-0.15, -0.1) is 11.3 Å². The second-order valence-corrected chi connectivity index (χ2v) is 6.40. The number of thiazole rings is 1. The summed E-state index contributed by atoms with van der Waals surface area (Å²) in [6.07, 6.45) is 7.17. The average Bonchev–Trinajstić information content (AvgIpc) is 2.83. The molecule has 1 atom stereocenters. The Morgan fingerprint density at radius 3 is 3.12 bits per heavy atom. The molecule has 1 N–H and O–H groups in total. The Hall–Kier alpha value is -0.0600. The zero-order valence-electron chi connectivity index (χ0n) is 10.1. The molecule has 1 unspecified atom stereocenters. The number of nitrogens with zero attached hydrogens (tertiary/aromatic N) is 1. The molecule has 0 radical (unpaired) electrons.